The van der Waals surface area contributed by atoms with Crippen molar-refractivity contribution < 1.29 is 51.3 Å². The number of aliphatic hydroxyl groups is 1. The van der Waals surface area contributed by atoms with Gasteiger partial charge in [-0.15, -0.1) is 0 Å². The minimum Gasteiger partial charge on any atom is -0.464 e. The normalized spacial score (nSPS) is 11.4. The molecule has 12 heterocycles. The Bertz CT molecular complexity index is 6660. The molecule has 0 bridgehead atoms. The van der Waals surface area contributed by atoms with Crippen molar-refractivity contribution >= 4 is 133 Å². The van der Waals surface area contributed by atoms with Gasteiger partial charge in [0.05, 0.1) is 96.2 Å². The van der Waals surface area contributed by atoms with Crippen LogP contribution in [0.3, 0.4) is 0 Å². The number of carbonyl (C=O) groups is 4. The maximum Gasteiger partial charge on any atom is 0.356 e. The molecule has 36 heteroatoms. The summed E-state index contributed by atoms with van der Waals surface area (Å²) in [6.45, 7) is 8.91. The molecule has 0 amide bonds. The fraction of sp³-hybridized carbons (Fsp3) is 0.145. The molecule has 0 saturated carbocycles. The topological polar surface area (TPSA) is 297 Å². The molecule has 616 valence electrons. The number of aromatic amines is 2. The first-order valence-electron chi connectivity index (χ1n) is 35.5. The van der Waals surface area contributed by atoms with E-state index in [2.05, 4.69) is 19.4 Å². The number of methoxy groups -OCH3 is 2. The summed E-state index contributed by atoms with van der Waals surface area (Å²) in [4.78, 5) is 111. The average molecular weight is 1770 g/mol. The fourth-order valence-electron chi connectivity index (χ4n) is 12.3. The minimum atomic E-state index is -0.846. The molecular formula is C83H70Cl7F4N13O12. The number of hydrogen-bond donors (Lipinski definition) is 4. The number of esters is 2. The van der Waals surface area contributed by atoms with Crippen LogP contribution in [0.25, 0.3) is 50.3 Å². The largest absolute Gasteiger partial charge is 0.464 e. The van der Waals surface area contributed by atoms with Crippen LogP contribution in [0.5, 0.6) is 0 Å². The second kappa shape index (κ2) is 39.4. The standard InChI is InChI=1S/C16H15ClFN3O.C16H14ClFN2O2.C14H8ClFN2O2.C14H10ClFN2O.C9H10ClNO3.C8H7ClN2O.C6H6ClNO2/c1-2-13(19)14-9-20-7-6-12(17)15(20)16(22)21(14)11-5-3-4-10(18)8-11;1-2-14(21)13-9-19-7-6-12(17)15(19)16(22)20(13)11-5-3-4-10(18)8-11;15-12-4-5-17-7-11(8-19)18(14(20)13(12)17)10-3-1-2-9(16)6-10;1-9-8-17-6-5-12(15)13(17)14(19)18(9)11-4-2-3-10(16)7-11;1-6(12)5-11-4-3-7(10)8(11)9(13)14-2;1-5-4-11-3-2-6(9)7(11)8(12)10-5;1-10-6(9)5-4(7)2-3-8-5/h3-9,13H,2,19H2,1H3;3-9,14,21H,2H2,1H3;1-8H;2-8H,1H3;3-4H,5H2,1-2H3;2-4H,1H3,(H,10,12);2-3,8H,1H3. The molecule has 2 atom stereocenters. The number of nitrogens with zero attached hydrogens (tertiary/aromatic N) is 10. The van der Waals surface area contributed by atoms with Gasteiger partial charge in [0.25, 0.3) is 27.8 Å². The Hall–Kier alpha value is -12.2. The monoisotopic (exact) mass is 1760 g/mol. The molecule has 0 fully saturated rings. The van der Waals surface area contributed by atoms with Gasteiger partial charge in [-0.2, -0.15) is 0 Å². The Morgan fingerprint density at radius 2 is 0.866 bits per heavy atom. The summed E-state index contributed by atoms with van der Waals surface area (Å²) >= 11 is 41.3. The van der Waals surface area contributed by atoms with Gasteiger partial charge in [-0.1, -0.05) is 119 Å². The molecule has 16 rings (SSSR count). The van der Waals surface area contributed by atoms with Crippen LogP contribution in [0, 0.1) is 37.1 Å². The van der Waals surface area contributed by atoms with Crippen LogP contribution in [0.15, 0.2) is 238 Å². The maximum absolute atomic E-state index is 13.6. The van der Waals surface area contributed by atoms with Crippen molar-refractivity contribution in [2.24, 2.45) is 5.73 Å². The van der Waals surface area contributed by atoms with Gasteiger partial charge in [-0.3, -0.25) is 51.8 Å². The van der Waals surface area contributed by atoms with E-state index >= 15 is 0 Å². The van der Waals surface area contributed by atoms with Crippen LogP contribution < -0.4 is 33.5 Å². The molecule has 0 aliphatic carbocycles. The molecule has 0 aliphatic heterocycles. The van der Waals surface area contributed by atoms with Gasteiger partial charge < -0.3 is 56.9 Å². The van der Waals surface area contributed by atoms with Crippen molar-refractivity contribution in [2.75, 3.05) is 14.2 Å². The van der Waals surface area contributed by atoms with Crippen molar-refractivity contribution in [3.05, 3.63) is 364 Å². The van der Waals surface area contributed by atoms with E-state index in [4.69, 9.17) is 86.9 Å². The van der Waals surface area contributed by atoms with Crippen LogP contribution in [0.1, 0.15) is 100.0 Å². The molecule has 2 unspecified atom stereocenters. The highest BCUT2D eigenvalue weighted by atomic mass is 35.5. The second-order valence-corrected chi connectivity index (χ2v) is 28.7. The molecule has 0 saturated heterocycles. The Labute approximate surface area is 707 Å². The lowest BCUT2D eigenvalue weighted by Crippen LogP contribution is -2.28. The fourth-order valence-corrected chi connectivity index (χ4v) is 13.9. The van der Waals surface area contributed by atoms with Crippen molar-refractivity contribution in [1.29, 1.82) is 0 Å². The summed E-state index contributed by atoms with van der Waals surface area (Å²) in [7, 11) is 2.57. The zero-order valence-electron chi connectivity index (χ0n) is 63.7. The molecule has 0 spiro atoms. The highest BCUT2D eigenvalue weighted by Crippen LogP contribution is 2.28. The Morgan fingerprint density at radius 3 is 1.28 bits per heavy atom. The summed E-state index contributed by atoms with van der Waals surface area (Å²) in [5.41, 5.74) is 11.0. The van der Waals surface area contributed by atoms with Crippen molar-refractivity contribution in [1.82, 2.24) is 54.8 Å². The molecule has 119 heavy (non-hydrogen) atoms. The lowest BCUT2D eigenvalue weighted by atomic mass is 10.1. The minimum absolute atomic E-state index is 0.0533. The molecular weight excluding hydrogens is 1700 g/mol. The van der Waals surface area contributed by atoms with E-state index in [9.17, 15) is 65.8 Å². The SMILES string of the molecule is CCC(N)c1cn2ccc(Cl)c2c(=O)n1-c1cccc(F)c1.CCC(O)c1cn2ccc(Cl)c2c(=O)n1-c1cccc(F)c1.COC(=O)c1[nH]ccc1Cl.COC(=O)c1c(Cl)ccn1CC(C)=O.Cc1cn2ccc(Cl)c2c(=O)[nH]1.Cc1cn2ccc(Cl)c2c(=O)n1-c1cccc(F)c1.O=Cc1cn2ccc(Cl)c2c(=O)n1-c1cccc(F)c1. The summed E-state index contributed by atoms with van der Waals surface area (Å²) < 4.78 is 77.6. The number of halogens is 11. The molecule has 4 aromatic carbocycles. The van der Waals surface area contributed by atoms with E-state index in [-0.39, 0.29) is 79.0 Å². The van der Waals surface area contributed by atoms with Crippen molar-refractivity contribution in [3.63, 3.8) is 0 Å². The highest BCUT2D eigenvalue weighted by Gasteiger charge is 2.23. The van der Waals surface area contributed by atoms with Gasteiger partial charge in [0.15, 0.2) is 6.29 Å². The Kier molecular flexibility index (Phi) is 29.5. The van der Waals surface area contributed by atoms with Gasteiger partial charge in [-0.05, 0) is 149 Å². The molecule has 16 aromatic rings. The Morgan fingerprint density at radius 1 is 0.479 bits per heavy atom. The van der Waals surface area contributed by atoms with E-state index < -0.39 is 46.6 Å². The number of Topliss-reactive ketones (excluding diaryl/α,β-unsaturated/α-hetero) is 1. The molecule has 25 nitrogen and oxygen atoms in total. The Balaban J connectivity index is 0.000000148. The zero-order chi connectivity index (χ0) is 86.5. The third-order valence-electron chi connectivity index (χ3n) is 17.8. The number of ketones is 1. The summed E-state index contributed by atoms with van der Waals surface area (Å²) in [6, 6.07) is 33.9. The number of H-pyrrole nitrogens is 2. The summed E-state index contributed by atoms with van der Waals surface area (Å²) in [5.74, 6) is -2.79. The average Bonchev–Trinajstić information content (AvgIpc) is 1.73. The molecule has 5 N–H and O–H groups in total. The third kappa shape index (κ3) is 20.2. The molecule has 0 aliphatic rings. The van der Waals surface area contributed by atoms with Crippen molar-refractivity contribution in [2.45, 2.75) is 66.2 Å². The number of carbonyl (C=O) groups excluding carboxylic acids is 4. The number of aldehydes is 1. The van der Waals surface area contributed by atoms with Gasteiger partial charge in [0.1, 0.15) is 73.7 Å². The summed E-state index contributed by atoms with van der Waals surface area (Å²) in [5, 5.41) is 12.7. The van der Waals surface area contributed by atoms with Gasteiger partial charge in [0, 0.05) is 91.8 Å². The van der Waals surface area contributed by atoms with Gasteiger partial charge in [0.2, 0.25) is 0 Å². The predicted octanol–water partition coefficient (Wildman–Crippen LogP) is 17.1. The van der Waals surface area contributed by atoms with Crippen LogP contribution in [0.4, 0.5) is 17.6 Å². The van der Waals surface area contributed by atoms with E-state index in [0.29, 0.717) is 101 Å². The number of rotatable bonds is 13. The van der Waals surface area contributed by atoms with Crippen LogP contribution >= 0.6 is 81.2 Å². The number of nitrogens with two attached hydrogens (primary N) is 1. The maximum atomic E-state index is 13.6. The van der Waals surface area contributed by atoms with E-state index in [1.807, 2.05) is 20.0 Å². The zero-order valence-corrected chi connectivity index (χ0v) is 69.0. The first-order chi connectivity index (χ1) is 56.7. The first-order valence-corrected chi connectivity index (χ1v) is 38.2. The molecule has 0 radical (unpaired) electrons. The number of fused-ring (bicyclic) bond motifs is 5. The second-order valence-electron chi connectivity index (χ2n) is 25.9. The van der Waals surface area contributed by atoms with Gasteiger partial charge in [-0.25, -0.2) is 27.2 Å². The van der Waals surface area contributed by atoms with E-state index in [0.717, 1.165) is 10.3 Å². The smallest absolute Gasteiger partial charge is 0.356 e. The van der Waals surface area contributed by atoms with Gasteiger partial charge >= 0.3 is 11.9 Å². The number of benzene rings is 4. The number of aromatic nitrogens is 12. The summed E-state index contributed by atoms with van der Waals surface area (Å²) in [6.07, 6.45) is 20.8. The number of nitrogens with one attached hydrogen (secondary N) is 2. The molecule has 12 aromatic heterocycles. The lowest BCUT2D eigenvalue weighted by Gasteiger charge is -2.18. The third-order valence-corrected chi connectivity index (χ3v) is 19.9. The predicted molar refractivity (Wildman–Crippen MR) is 451 cm³/mol. The van der Waals surface area contributed by atoms with Crippen molar-refractivity contribution in [3.8, 4) is 22.7 Å². The quantitative estimate of drug-likeness (QED) is 0.0475. The number of aryl methyl sites for hydroxylation is 2. The number of ether oxygens (including phenoxy) is 2. The van der Waals surface area contributed by atoms with E-state index in [1.54, 1.807) is 172 Å². The van der Waals surface area contributed by atoms with Crippen LogP contribution in [-0.2, 0) is 20.8 Å². The van der Waals surface area contributed by atoms with Crippen LogP contribution in [-0.4, -0.2) is 98.1 Å². The van der Waals surface area contributed by atoms with E-state index in [1.165, 1.54) is 111 Å². The first kappa shape index (κ1) is 89.2. The number of hydrogen-bond acceptors (Lipinski definition) is 13. The highest BCUT2D eigenvalue weighted by molar-refractivity contribution is 6.36. The lowest BCUT2D eigenvalue weighted by molar-refractivity contribution is -0.117. The van der Waals surface area contributed by atoms with Crippen LogP contribution in [0.2, 0.25) is 35.2 Å². The number of aliphatic hydroxyl groups excluding tert-OH is 1.